The second-order valence-corrected chi connectivity index (χ2v) is 5.87. The molecule has 0 saturated heterocycles. The lowest BCUT2D eigenvalue weighted by molar-refractivity contribution is 0.389. The van der Waals surface area contributed by atoms with Gasteiger partial charge in [-0.15, -0.1) is 0 Å². The number of fused-ring (bicyclic) bond motifs is 2. The summed E-state index contributed by atoms with van der Waals surface area (Å²) in [5, 5.41) is 7.56. The van der Waals surface area contributed by atoms with Crippen molar-refractivity contribution < 1.29 is 0 Å². The number of hydrogen-bond acceptors (Lipinski definition) is 2. The minimum Gasteiger partial charge on any atom is -0.360 e. The molecule has 3 rings (SSSR count). The third kappa shape index (κ3) is 2.64. The van der Waals surface area contributed by atoms with Crippen LogP contribution in [0.4, 0.5) is 0 Å². The second kappa shape index (κ2) is 5.22. The van der Waals surface area contributed by atoms with E-state index in [4.69, 9.17) is 12.2 Å². The van der Waals surface area contributed by atoms with Gasteiger partial charge in [0, 0.05) is 25.0 Å². The van der Waals surface area contributed by atoms with Crippen molar-refractivity contribution in [3.63, 3.8) is 0 Å². The Labute approximate surface area is 113 Å². The molecule has 0 aliphatic heterocycles. The third-order valence-corrected chi connectivity index (χ3v) is 4.52. The van der Waals surface area contributed by atoms with Crippen molar-refractivity contribution in [2.24, 2.45) is 11.8 Å². The van der Waals surface area contributed by atoms with Crippen LogP contribution in [-0.4, -0.2) is 16.1 Å². The number of rotatable bonds is 3. The van der Waals surface area contributed by atoms with E-state index in [1.165, 1.54) is 31.2 Å². The quantitative estimate of drug-likeness (QED) is 0.818. The fraction of sp³-hybridized carbons (Fsp3) is 0.571. The maximum absolute atomic E-state index is 5.37. The molecule has 3 nitrogen and oxygen atoms in total. The van der Waals surface area contributed by atoms with Gasteiger partial charge in [-0.05, 0) is 61.0 Å². The fourth-order valence-corrected chi connectivity index (χ4v) is 3.55. The first-order chi connectivity index (χ1) is 8.81. The van der Waals surface area contributed by atoms with Crippen LogP contribution in [0, 0.1) is 11.8 Å². The number of hydrogen-bond donors (Lipinski definition) is 2. The molecule has 0 radical (unpaired) electrons. The zero-order valence-electron chi connectivity index (χ0n) is 10.4. The molecule has 18 heavy (non-hydrogen) atoms. The molecule has 2 N–H and O–H groups in total. The Kier molecular flexibility index (Phi) is 3.46. The zero-order chi connectivity index (χ0) is 12.4. The van der Waals surface area contributed by atoms with Crippen molar-refractivity contribution in [3.8, 4) is 0 Å². The van der Waals surface area contributed by atoms with Gasteiger partial charge in [0.25, 0.3) is 0 Å². The van der Waals surface area contributed by atoms with Crippen molar-refractivity contribution in [3.05, 3.63) is 30.1 Å². The third-order valence-electron chi connectivity index (χ3n) is 4.26. The van der Waals surface area contributed by atoms with Crippen molar-refractivity contribution in [2.45, 2.75) is 38.3 Å². The van der Waals surface area contributed by atoms with E-state index in [1.54, 1.807) is 0 Å². The summed E-state index contributed by atoms with van der Waals surface area (Å²) < 4.78 is 0. The Morgan fingerprint density at radius 3 is 2.78 bits per heavy atom. The highest BCUT2D eigenvalue weighted by Crippen LogP contribution is 2.44. The summed E-state index contributed by atoms with van der Waals surface area (Å²) in [5.41, 5.74) is 1.21. The second-order valence-electron chi connectivity index (χ2n) is 5.46. The molecule has 96 valence electrons. The molecule has 4 heteroatoms. The van der Waals surface area contributed by atoms with Gasteiger partial charge in [-0.3, -0.25) is 4.98 Å². The van der Waals surface area contributed by atoms with E-state index in [1.807, 2.05) is 24.5 Å². The van der Waals surface area contributed by atoms with Gasteiger partial charge >= 0.3 is 0 Å². The monoisotopic (exact) mass is 261 g/mol. The largest absolute Gasteiger partial charge is 0.360 e. The molecule has 1 heterocycles. The van der Waals surface area contributed by atoms with Gasteiger partial charge in [0.05, 0.1) is 0 Å². The molecular formula is C14H19N3S. The number of thiocarbonyl (C=S) groups is 1. The average Bonchev–Trinajstić information content (AvgIpc) is 3.00. The Morgan fingerprint density at radius 1 is 1.28 bits per heavy atom. The molecule has 0 unspecified atom stereocenters. The van der Waals surface area contributed by atoms with E-state index >= 15 is 0 Å². The predicted octanol–water partition coefficient (Wildman–Crippen LogP) is 2.23. The highest BCUT2D eigenvalue weighted by molar-refractivity contribution is 7.80. The average molecular weight is 261 g/mol. The van der Waals surface area contributed by atoms with Crippen molar-refractivity contribution in [2.75, 3.05) is 0 Å². The van der Waals surface area contributed by atoms with Crippen LogP contribution in [0.5, 0.6) is 0 Å². The molecule has 1 aromatic rings. The van der Waals surface area contributed by atoms with Crippen LogP contribution < -0.4 is 10.6 Å². The molecule has 1 aromatic heterocycles. The first kappa shape index (κ1) is 11.9. The minimum atomic E-state index is 0.612. The van der Waals surface area contributed by atoms with Crippen LogP contribution in [0.15, 0.2) is 24.5 Å². The van der Waals surface area contributed by atoms with Gasteiger partial charge in [-0.2, -0.15) is 0 Å². The molecule has 2 fully saturated rings. The zero-order valence-corrected chi connectivity index (χ0v) is 11.2. The summed E-state index contributed by atoms with van der Waals surface area (Å²) in [4.78, 5) is 4.01. The van der Waals surface area contributed by atoms with Gasteiger partial charge in [-0.1, -0.05) is 6.42 Å². The predicted molar refractivity (Wildman–Crippen MR) is 76.0 cm³/mol. The van der Waals surface area contributed by atoms with Crippen LogP contribution in [0.2, 0.25) is 0 Å². The lowest BCUT2D eigenvalue weighted by Crippen LogP contribution is -2.43. The van der Waals surface area contributed by atoms with E-state index in [-0.39, 0.29) is 0 Å². The molecular weight excluding hydrogens is 242 g/mol. The Morgan fingerprint density at radius 2 is 2.11 bits per heavy atom. The molecule has 0 spiro atoms. The van der Waals surface area contributed by atoms with E-state index in [0.717, 1.165) is 23.5 Å². The summed E-state index contributed by atoms with van der Waals surface area (Å²) >= 11 is 5.37. The lowest BCUT2D eigenvalue weighted by Gasteiger charge is -2.24. The van der Waals surface area contributed by atoms with Crippen molar-refractivity contribution in [1.82, 2.24) is 15.6 Å². The highest BCUT2D eigenvalue weighted by atomic mass is 32.1. The molecule has 2 saturated carbocycles. The van der Waals surface area contributed by atoms with Gasteiger partial charge < -0.3 is 10.6 Å². The maximum atomic E-state index is 5.37. The van der Waals surface area contributed by atoms with Crippen molar-refractivity contribution in [1.29, 1.82) is 0 Å². The van der Waals surface area contributed by atoms with Gasteiger partial charge in [0.2, 0.25) is 0 Å². The number of pyridine rings is 1. The van der Waals surface area contributed by atoms with Gasteiger partial charge in [-0.25, -0.2) is 0 Å². The molecule has 3 atom stereocenters. The highest BCUT2D eigenvalue weighted by Gasteiger charge is 2.39. The molecule has 2 aliphatic carbocycles. The molecule has 2 aliphatic rings. The summed E-state index contributed by atoms with van der Waals surface area (Å²) in [6, 6.07) is 4.63. The standard InChI is InChI=1S/C14H19N3S/c18-14(16-9-10-3-5-15-6-4-10)17-13-8-11-1-2-12(13)7-11/h3-6,11-13H,1-2,7-9H2,(H2,16,17,18)/t11-,12+,13+/m0/s1. The summed E-state index contributed by atoms with van der Waals surface area (Å²) in [6.45, 7) is 0.773. The molecule has 0 aromatic carbocycles. The number of nitrogens with one attached hydrogen (secondary N) is 2. The topological polar surface area (TPSA) is 37.0 Å². The minimum absolute atomic E-state index is 0.612. The van der Waals surface area contributed by atoms with Crippen LogP contribution >= 0.6 is 12.2 Å². The van der Waals surface area contributed by atoms with E-state index < -0.39 is 0 Å². The van der Waals surface area contributed by atoms with Crippen LogP contribution in [0.3, 0.4) is 0 Å². The van der Waals surface area contributed by atoms with Crippen LogP contribution in [0.1, 0.15) is 31.2 Å². The first-order valence-electron chi connectivity index (χ1n) is 6.74. The normalized spacial score (nSPS) is 29.2. The van der Waals surface area contributed by atoms with E-state index in [2.05, 4.69) is 15.6 Å². The summed E-state index contributed by atoms with van der Waals surface area (Å²) in [5.74, 6) is 1.81. The van der Waals surface area contributed by atoms with Gasteiger partial charge in [0.1, 0.15) is 0 Å². The van der Waals surface area contributed by atoms with E-state index in [0.29, 0.717) is 6.04 Å². The Bertz CT molecular complexity index is 420. The van der Waals surface area contributed by atoms with Crippen LogP contribution in [0.25, 0.3) is 0 Å². The lowest BCUT2D eigenvalue weighted by atomic mass is 9.96. The SMILES string of the molecule is S=C(NCc1ccncc1)N[C@@H]1C[C@H]2CC[C@@H]1C2. The fourth-order valence-electron chi connectivity index (χ4n) is 3.32. The smallest absolute Gasteiger partial charge is 0.166 e. The maximum Gasteiger partial charge on any atom is 0.166 e. The van der Waals surface area contributed by atoms with Gasteiger partial charge in [0.15, 0.2) is 5.11 Å². The van der Waals surface area contributed by atoms with E-state index in [9.17, 15) is 0 Å². The van der Waals surface area contributed by atoms with Crippen LogP contribution in [-0.2, 0) is 6.54 Å². The Hall–Kier alpha value is -1.16. The number of nitrogens with zero attached hydrogens (tertiary/aromatic N) is 1. The number of aromatic nitrogens is 1. The Balaban J connectivity index is 1.45. The summed E-state index contributed by atoms with van der Waals surface area (Å²) in [7, 11) is 0. The molecule has 0 amide bonds. The first-order valence-corrected chi connectivity index (χ1v) is 7.15. The molecule has 2 bridgehead atoms. The van der Waals surface area contributed by atoms with Crippen molar-refractivity contribution >= 4 is 17.3 Å². The summed E-state index contributed by atoms with van der Waals surface area (Å²) in [6.07, 6.45) is 9.15.